The first-order valence-electron chi connectivity index (χ1n) is 11.5. The monoisotopic (exact) mass is 450 g/mol. The molecule has 6 rings (SSSR count). The molecule has 2 aromatic heterocycles. The van der Waals surface area contributed by atoms with Crippen LogP contribution in [0, 0.1) is 17.7 Å². The van der Waals surface area contributed by atoms with E-state index in [4.69, 9.17) is 14.8 Å². The van der Waals surface area contributed by atoms with Gasteiger partial charge >= 0.3 is 0 Å². The topological polar surface area (TPSA) is 84.2 Å². The second-order valence-electron chi connectivity index (χ2n) is 9.03. The van der Waals surface area contributed by atoms with Crippen LogP contribution in [-0.2, 0) is 6.54 Å². The maximum atomic E-state index is 13.8. The Morgan fingerprint density at radius 2 is 1.94 bits per heavy atom. The first-order chi connectivity index (χ1) is 16.2. The van der Waals surface area contributed by atoms with Crippen molar-refractivity contribution in [2.24, 2.45) is 11.8 Å². The van der Waals surface area contributed by atoms with E-state index in [1.165, 1.54) is 18.9 Å². The lowest BCUT2D eigenvalue weighted by Crippen LogP contribution is -2.48. The van der Waals surface area contributed by atoms with Crippen molar-refractivity contribution in [1.29, 1.82) is 0 Å². The summed E-state index contributed by atoms with van der Waals surface area (Å²) in [4.78, 5) is 17.8. The van der Waals surface area contributed by atoms with E-state index in [9.17, 15) is 4.39 Å². The average molecular weight is 451 g/mol. The molecule has 172 valence electrons. The summed E-state index contributed by atoms with van der Waals surface area (Å²) in [5.74, 6) is 3.67. The number of halogens is 1. The molecule has 1 aromatic carbocycles. The Morgan fingerprint density at radius 3 is 2.73 bits per heavy atom. The van der Waals surface area contributed by atoms with Crippen LogP contribution >= 0.6 is 0 Å². The number of aryl methyl sites for hydroxylation is 1. The van der Waals surface area contributed by atoms with Gasteiger partial charge in [0.05, 0.1) is 7.11 Å². The lowest BCUT2D eigenvalue weighted by molar-refractivity contribution is 0.372. The number of piperidine rings is 1. The fourth-order valence-corrected chi connectivity index (χ4v) is 5.52. The van der Waals surface area contributed by atoms with Crippen molar-refractivity contribution in [2.45, 2.75) is 31.8 Å². The van der Waals surface area contributed by atoms with Crippen LogP contribution in [0.25, 0.3) is 0 Å². The Kier molecular flexibility index (Phi) is 5.00. The molecule has 1 saturated carbocycles. The van der Waals surface area contributed by atoms with Gasteiger partial charge in [0.25, 0.3) is 0 Å². The molecule has 2 fully saturated rings. The second-order valence-corrected chi connectivity index (χ2v) is 9.03. The SMILES string of the molecule is COc1cc(N2CC3CC[C@@H](C2)C3Nc2nc3n(n2)CCCN3c2cccc(F)c2)ncn1. The first kappa shape index (κ1) is 20.2. The quantitative estimate of drug-likeness (QED) is 0.635. The van der Waals surface area contributed by atoms with Gasteiger partial charge in [0.15, 0.2) is 0 Å². The Bertz CT molecular complexity index is 1140. The molecule has 1 aliphatic carbocycles. The molecule has 1 saturated heterocycles. The first-order valence-corrected chi connectivity index (χ1v) is 11.5. The predicted molar refractivity (Wildman–Crippen MR) is 122 cm³/mol. The Hall–Kier alpha value is -3.43. The zero-order chi connectivity index (χ0) is 22.4. The molecule has 2 bridgehead atoms. The smallest absolute Gasteiger partial charge is 0.244 e. The number of rotatable bonds is 5. The van der Waals surface area contributed by atoms with E-state index < -0.39 is 0 Å². The van der Waals surface area contributed by atoms with Gasteiger partial charge in [-0.05, 0) is 49.3 Å². The molecule has 33 heavy (non-hydrogen) atoms. The molecule has 10 heteroatoms. The summed E-state index contributed by atoms with van der Waals surface area (Å²) < 4.78 is 21.0. The van der Waals surface area contributed by atoms with E-state index in [-0.39, 0.29) is 5.82 Å². The number of hydrogen-bond donors (Lipinski definition) is 1. The molecule has 9 nitrogen and oxygen atoms in total. The summed E-state index contributed by atoms with van der Waals surface area (Å²) in [6, 6.07) is 8.90. The molecule has 3 aromatic rings. The molecule has 3 atom stereocenters. The van der Waals surface area contributed by atoms with Crippen molar-refractivity contribution in [2.75, 3.05) is 41.9 Å². The lowest BCUT2D eigenvalue weighted by atomic mass is 9.92. The molecule has 0 amide bonds. The summed E-state index contributed by atoms with van der Waals surface area (Å²) in [5, 5.41) is 8.40. The summed E-state index contributed by atoms with van der Waals surface area (Å²) in [5.41, 5.74) is 0.809. The van der Waals surface area contributed by atoms with Gasteiger partial charge in [-0.25, -0.2) is 19.0 Å². The molecule has 0 radical (unpaired) electrons. The molecule has 2 aliphatic heterocycles. The van der Waals surface area contributed by atoms with Gasteiger partial charge in [-0.3, -0.25) is 0 Å². The summed E-state index contributed by atoms with van der Waals surface area (Å²) >= 11 is 0. The maximum Gasteiger partial charge on any atom is 0.244 e. The highest BCUT2D eigenvalue weighted by molar-refractivity contribution is 5.59. The van der Waals surface area contributed by atoms with Crippen LogP contribution < -0.4 is 19.9 Å². The largest absolute Gasteiger partial charge is 0.481 e. The zero-order valence-electron chi connectivity index (χ0n) is 18.6. The van der Waals surface area contributed by atoms with Crippen LogP contribution in [0.3, 0.4) is 0 Å². The molecule has 0 spiro atoms. The van der Waals surface area contributed by atoms with E-state index in [0.717, 1.165) is 50.1 Å². The third kappa shape index (κ3) is 3.73. The molecule has 3 aliphatic rings. The highest BCUT2D eigenvalue weighted by Crippen LogP contribution is 2.40. The number of benzene rings is 1. The highest BCUT2D eigenvalue weighted by Gasteiger charge is 2.43. The molecular formula is C23H27FN8O. The minimum absolute atomic E-state index is 0.243. The van der Waals surface area contributed by atoms with Crippen LogP contribution in [0.15, 0.2) is 36.7 Å². The average Bonchev–Trinajstić information content (AvgIpc) is 3.34. The maximum absolute atomic E-state index is 13.8. The number of anilines is 4. The normalized spacial score (nSPS) is 24.0. The van der Waals surface area contributed by atoms with E-state index in [2.05, 4.69) is 20.2 Å². The van der Waals surface area contributed by atoms with Gasteiger partial charge in [-0.15, -0.1) is 5.10 Å². The van der Waals surface area contributed by atoms with Crippen molar-refractivity contribution >= 4 is 23.4 Å². The van der Waals surface area contributed by atoms with Gasteiger partial charge in [0.1, 0.15) is 18.0 Å². The van der Waals surface area contributed by atoms with Gasteiger partial charge < -0.3 is 19.9 Å². The molecule has 4 heterocycles. The number of nitrogens with zero attached hydrogens (tertiary/aromatic N) is 7. The van der Waals surface area contributed by atoms with Crippen molar-refractivity contribution in [3.8, 4) is 5.88 Å². The molecule has 1 N–H and O–H groups in total. The van der Waals surface area contributed by atoms with Crippen molar-refractivity contribution in [3.63, 3.8) is 0 Å². The Labute approximate surface area is 191 Å². The van der Waals surface area contributed by atoms with Crippen molar-refractivity contribution in [3.05, 3.63) is 42.5 Å². The Balaban J connectivity index is 1.19. The van der Waals surface area contributed by atoms with Crippen LogP contribution in [0.4, 0.5) is 27.8 Å². The van der Waals surface area contributed by atoms with Crippen LogP contribution in [0.5, 0.6) is 5.88 Å². The van der Waals surface area contributed by atoms with Gasteiger partial charge in [0.2, 0.25) is 17.8 Å². The van der Waals surface area contributed by atoms with E-state index in [1.54, 1.807) is 25.6 Å². The molecule has 2 unspecified atom stereocenters. The summed E-state index contributed by atoms with van der Waals surface area (Å²) in [6.07, 6.45) is 4.84. The predicted octanol–water partition coefficient (Wildman–Crippen LogP) is 3.08. The van der Waals surface area contributed by atoms with Gasteiger partial charge in [-0.2, -0.15) is 4.98 Å². The number of aromatic nitrogens is 5. The number of fused-ring (bicyclic) bond motifs is 3. The second kappa shape index (κ2) is 8.17. The summed E-state index contributed by atoms with van der Waals surface area (Å²) in [7, 11) is 1.62. The minimum Gasteiger partial charge on any atom is -0.481 e. The van der Waals surface area contributed by atoms with E-state index in [0.29, 0.717) is 29.7 Å². The van der Waals surface area contributed by atoms with Gasteiger partial charge in [-0.1, -0.05) is 6.07 Å². The minimum atomic E-state index is -0.243. The molecular weight excluding hydrogens is 423 g/mol. The lowest BCUT2D eigenvalue weighted by Gasteiger charge is -2.38. The summed E-state index contributed by atoms with van der Waals surface area (Å²) in [6.45, 7) is 3.47. The van der Waals surface area contributed by atoms with Crippen molar-refractivity contribution < 1.29 is 9.13 Å². The number of hydrogen-bond acceptors (Lipinski definition) is 8. The van der Waals surface area contributed by atoms with Gasteiger partial charge in [0, 0.05) is 44.0 Å². The number of nitrogens with one attached hydrogen (secondary N) is 1. The van der Waals surface area contributed by atoms with Crippen LogP contribution in [-0.4, -0.2) is 57.5 Å². The van der Waals surface area contributed by atoms with E-state index in [1.807, 2.05) is 21.7 Å². The fourth-order valence-electron chi connectivity index (χ4n) is 5.52. The number of ether oxygens (including phenoxy) is 1. The third-order valence-electron chi connectivity index (χ3n) is 7.06. The Morgan fingerprint density at radius 1 is 1.09 bits per heavy atom. The van der Waals surface area contributed by atoms with E-state index >= 15 is 0 Å². The van der Waals surface area contributed by atoms with Crippen LogP contribution in [0.1, 0.15) is 19.3 Å². The fraction of sp³-hybridized carbons (Fsp3) is 0.478. The standard InChI is InChI=1S/C23H27FN8O/c1-33-20-11-19(25-14-26-20)30-12-15-6-7-16(13-30)21(15)27-22-28-23-31(8-3-9-32(23)29-22)18-5-2-4-17(24)10-18/h2,4-5,10-11,14-16,21H,3,6-9,12-13H2,1H3,(H,27,29)/t15-,16?,21?/m0/s1. The zero-order valence-corrected chi connectivity index (χ0v) is 18.6. The van der Waals surface area contributed by atoms with Crippen molar-refractivity contribution in [1.82, 2.24) is 24.7 Å². The number of methoxy groups -OCH3 is 1. The third-order valence-corrected chi connectivity index (χ3v) is 7.06. The van der Waals surface area contributed by atoms with Crippen LogP contribution in [0.2, 0.25) is 0 Å². The highest BCUT2D eigenvalue weighted by atomic mass is 19.1.